The Morgan fingerprint density at radius 3 is 2.67 bits per heavy atom. The summed E-state index contributed by atoms with van der Waals surface area (Å²) >= 11 is 0. The fraction of sp³-hybridized carbons (Fsp3) is 0.765. The summed E-state index contributed by atoms with van der Waals surface area (Å²) in [5.74, 6) is 3.55. The van der Waals surface area contributed by atoms with Crippen molar-refractivity contribution in [1.82, 2.24) is 9.97 Å². The van der Waals surface area contributed by atoms with Crippen LogP contribution in [0.4, 0.5) is 5.82 Å². The van der Waals surface area contributed by atoms with Crippen LogP contribution in [-0.2, 0) is 17.8 Å². The number of rotatable bonds is 4. The molecule has 0 radical (unpaired) electrons. The monoisotopic (exact) mass is 289 g/mol. The zero-order chi connectivity index (χ0) is 14.7. The Bertz CT molecular complexity index is 481. The minimum absolute atomic E-state index is 0.554. The Hall–Kier alpha value is -1.16. The highest BCUT2D eigenvalue weighted by Crippen LogP contribution is 2.36. The Labute approximate surface area is 127 Å². The van der Waals surface area contributed by atoms with Gasteiger partial charge in [-0.1, -0.05) is 13.3 Å². The van der Waals surface area contributed by atoms with E-state index in [1.165, 1.54) is 43.4 Å². The van der Waals surface area contributed by atoms with Crippen molar-refractivity contribution < 1.29 is 4.74 Å². The van der Waals surface area contributed by atoms with E-state index in [4.69, 9.17) is 14.7 Å². The lowest BCUT2D eigenvalue weighted by Crippen LogP contribution is -2.21. The molecule has 1 aromatic rings. The molecular weight excluding hydrogens is 262 g/mol. The summed E-state index contributed by atoms with van der Waals surface area (Å²) in [4.78, 5) is 9.75. The number of anilines is 1. The molecule has 0 atom stereocenters. The minimum Gasteiger partial charge on any atom is -0.376 e. The molecule has 1 aliphatic carbocycles. The summed E-state index contributed by atoms with van der Waals surface area (Å²) in [5.41, 5.74) is 2.38. The molecule has 4 nitrogen and oxygen atoms in total. The first-order valence-corrected chi connectivity index (χ1v) is 8.53. The predicted octanol–water partition coefficient (Wildman–Crippen LogP) is 3.66. The molecule has 1 aromatic heterocycles. The third-order valence-electron chi connectivity index (χ3n) is 4.97. The maximum absolute atomic E-state index is 5.58. The Morgan fingerprint density at radius 1 is 1.14 bits per heavy atom. The van der Waals surface area contributed by atoms with E-state index in [0.29, 0.717) is 12.5 Å². The SMILES string of the molecule is CCNc1nc(C2CCC(CC)CC2)nc2c1COCC2. The Balaban J connectivity index is 1.83. The highest BCUT2D eigenvalue weighted by molar-refractivity contribution is 5.47. The van der Waals surface area contributed by atoms with Gasteiger partial charge in [0.25, 0.3) is 0 Å². The zero-order valence-corrected chi connectivity index (χ0v) is 13.3. The summed E-state index contributed by atoms with van der Waals surface area (Å²) in [5, 5.41) is 3.40. The number of nitrogens with one attached hydrogen (secondary N) is 1. The van der Waals surface area contributed by atoms with Gasteiger partial charge in [0.05, 0.1) is 18.9 Å². The third kappa shape index (κ3) is 3.20. The summed E-state index contributed by atoms with van der Waals surface area (Å²) in [6.45, 7) is 6.76. The van der Waals surface area contributed by atoms with Crippen LogP contribution < -0.4 is 5.32 Å². The molecule has 2 heterocycles. The van der Waals surface area contributed by atoms with Gasteiger partial charge in [-0.3, -0.25) is 0 Å². The molecule has 0 spiro atoms. The summed E-state index contributed by atoms with van der Waals surface area (Å²) in [6, 6.07) is 0. The molecule has 0 unspecified atom stereocenters. The van der Waals surface area contributed by atoms with Gasteiger partial charge in [-0.15, -0.1) is 0 Å². The van der Waals surface area contributed by atoms with E-state index in [0.717, 1.165) is 37.1 Å². The van der Waals surface area contributed by atoms with E-state index in [1.807, 2.05) is 0 Å². The second-order valence-corrected chi connectivity index (χ2v) is 6.31. The van der Waals surface area contributed by atoms with Crippen LogP contribution in [0.5, 0.6) is 0 Å². The molecule has 1 N–H and O–H groups in total. The van der Waals surface area contributed by atoms with Crippen LogP contribution in [0.25, 0.3) is 0 Å². The fourth-order valence-corrected chi connectivity index (χ4v) is 3.58. The molecular formula is C17H27N3O. The van der Waals surface area contributed by atoms with Crippen molar-refractivity contribution in [3.05, 3.63) is 17.1 Å². The van der Waals surface area contributed by atoms with Gasteiger partial charge in [0.2, 0.25) is 0 Å². The third-order valence-corrected chi connectivity index (χ3v) is 4.97. The average molecular weight is 289 g/mol. The standard InChI is InChI=1S/C17H27N3O/c1-3-12-5-7-13(8-6-12)16-19-15-9-10-21-11-14(15)17(20-16)18-4-2/h12-13H,3-11H2,1-2H3,(H,18,19,20). The molecule has 0 aromatic carbocycles. The largest absolute Gasteiger partial charge is 0.376 e. The molecule has 2 aliphatic rings. The smallest absolute Gasteiger partial charge is 0.135 e. The fourth-order valence-electron chi connectivity index (χ4n) is 3.58. The predicted molar refractivity (Wildman–Crippen MR) is 84.5 cm³/mol. The molecule has 21 heavy (non-hydrogen) atoms. The number of ether oxygens (including phenoxy) is 1. The Morgan fingerprint density at radius 2 is 1.95 bits per heavy atom. The maximum atomic E-state index is 5.58. The number of hydrogen-bond donors (Lipinski definition) is 1. The molecule has 1 saturated carbocycles. The van der Waals surface area contributed by atoms with Crippen molar-refractivity contribution in [2.45, 2.75) is 64.9 Å². The quantitative estimate of drug-likeness (QED) is 0.919. The summed E-state index contributed by atoms with van der Waals surface area (Å²) < 4.78 is 5.58. The number of nitrogens with zero attached hydrogens (tertiary/aromatic N) is 2. The van der Waals surface area contributed by atoms with Crippen LogP contribution in [0, 0.1) is 5.92 Å². The van der Waals surface area contributed by atoms with E-state index in [-0.39, 0.29) is 0 Å². The van der Waals surface area contributed by atoms with Gasteiger partial charge in [0.1, 0.15) is 11.6 Å². The highest BCUT2D eigenvalue weighted by atomic mass is 16.5. The molecule has 0 amide bonds. The van der Waals surface area contributed by atoms with Gasteiger partial charge in [0.15, 0.2) is 0 Å². The first kappa shape index (κ1) is 14.8. The molecule has 1 aliphatic heterocycles. The average Bonchev–Trinajstić information content (AvgIpc) is 2.55. The van der Waals surface area contributed by atoms with Gasteiger partial charge >= 0.3 is 0 Å². The van der Waals surface area contributed by atoms with Crippen molar-refractivity contribution in [2.75, 3.05) is 18.5 Å². The normalized spacial score (nSPS) is 25.4. The second kappa shape index (κ2) is 6.73. The maximum Gasteiger partial charge on any atom is 0.135 e. The first-order valence-electron chi connectivity index (χ1n) is 8.53. The zero-order valence-electron chi connectivity index (χ0n) is 13.3. The second-order valence-electron chi connectivity index (χ2n) is 6.31. The van der Waals surface area contributed by atoms with Crippen LogP contribution in [0.3, 0.4) is 0 Å². The molecule has 0 bridgehead atoms. The van der Waals surface area contributed by atoms with E-state index in [9.17, 15) is 0 Å². The lowest BCUT2D eigenvalue weighted by atomic mass is 9.80. The molecule has 116 valence electrons. The molecule has 1 fully saturated rings. The van der Waals surface area contributed by atoms with Crippen molar-refractivity contribution in [3.8, 4) is 0 Å². The number of aromatic nitrogens is 2. The van der Waals surface area contributed by atoms with Crippen LogP contribution in [-0.4, -0.2) is 23.1 Å². The van der Waals surface area contributed by atoms with Crippen LogP contribution in [0.1, 0.15) is 69.0 Å². The topological polar surface area (TPSA) is 47.0 Å². The first-order chi connectivity index (χ1) is 10.3. The van der Waals surface area contributed by atoms with E-state index in [1.54, 1.807) is 0 Å². The van der Waals surface area contributed by atoms with Crippen LogP contribution in [0.15, 0.2) is 0 Å². The van der Waals surface area contributed by atoms with Crippen molar-refractivity contribution >= 4 is 5.82 Å². The van der Waals surface area contributed by atoms with Crippen LogP contribution >= 0.6 is 0 Å². The highest BCUT2D eigenvalue weighted by Gasteiger charge is 2.26. The lowest BCUT2D eigenvalue weighted by Gasteiger charge is -2.28. The van der Waals surface area contributed by atoms with Gasteiger partial charge in [-0.25, -0.2) is 9.97 Å². The van der Waals surface area contributed by atoms with Gasteiger partial charge in [0, 0.05) is 24.4 Å². The van der Waals surface area contributed by atoms with Crippen LogP contribution in [0.2, 0.25) is 0 Å². The van der Waals surface area contributed by atoms with Gasteiger partial charge in [-0.05, 0) is 38.5 Å². The Kier molecular flexibility index (Phi) is 4.73. The van der Waals surface area contributed by atoms with Crippen molar-refractivity contribution in [3.63, 3.8) is 0 Å². The van der Waals surface area contributed by atoms with Crippen molar-refractivity contribution in [1.29, 1.82) is 0 Å². The van der Waals surface area contributed by atoms with Crippen molar-refractivity contribution in [2.24, 2.45) is 5.92 Å². The van der Waals surface area contributed by atoms with E-state index < -0.39 is 0 Å². The number of fused-ring (bicyclic) bond motifs is 1. The number of hydrogen-bond acceptors (Lipinski definition) is 4. The van der Waals surface area contributed by atoms with Gasteiger partial charge < -0.3 is 10.1 Å². The molecule has 4 heteroatoms. The summed E-state index contributed by atoms with van der Waals surface area (Å²) in [6.07, 6.45) is 7.41. The van der Waals surface area contributed by atoms with E-state index in [2.05, 4.69) is 19.2 Å². The molecule has 3 rings (SSSR count). The molecule has 0 saturated heterocycles. The van der Waals surface area contributed by atoms with E-state index >= 15 is 0 Å². The summed E-state index contributed by atoms with van der Waals surface area (Å²) in [7, 11) is 0. The lowest BCUT2D eigenvalue weighted by molar-refractivity contribution is 0.109. The van der Waals surface area contributed by atoms with Gasteiger partial charge in [-0.2, -0.15) is 0 Å². The minimum atomic E-state index is 0.554.